The maximum absolute atomic E-state index is 6.08. The highest BCUT2D eigenvalue weighted by molar-refractivity contribution is 6.35. The SMILES string of the molecule is CN(C)[C@@H](CN)c1ccc(Cl)cc1Cl. The average molecular weight is 233 g/mol. The maximum Gasteiger partial charge on any atom is 0.0479 e. The van der Waals surface area contributed by atoms with E-state index in [9.17, 15) is 0 Å². The lowest BCUT2D eigenvalue weighted by molar-refractivity contribution is 0.306. The van der Waals surface area contributed by atoms with Crippen LogP contribution in [0.3, 0.4) is 0 Å². The zero-order valence-electron chi connectivity index (χ0n) is 8.30. The predicted molar refractivity (Wildman–Crippen MR) is 61.9 cm³/mol. The third kappa shape index (κ3) is 2.61. The van der Waals surface area contributed by atoms with Gasteiger partial charge in [-0.05, 0) is 31.8 Å². The minimum Gasteiger partial charge on any atom is -0.329 e. The lowest BCUT2D eigenvalue weighted by Crippen LogP contribution is -2.27. The van der Waals surface area contributed by atoms with E-state index in [0.717, 1.165) is 5.56 Å². The van der Waals surface area contributed by atoms with Gasteiger partial charge in [-0.2, -0.15) is 0 Å². The van der Waals surface area contributed by atoms with Crippen molar-refractivity contribution in [2.24, 2.45) is 5.73 Å². The fraction of sp³-hybridized carbons (Fsp3) is 0.400. The Balaban J connectivity index is 3.04. The molecule has 0 saturated carbocycles. The van der Waals surface area contributed by atoms with Gasteiger partial charge in [0.1, 0.15) is 0 Å². The second-order valence-corrected chi connectivity index (χ2v) is 4.22. The van der Waals surface area contributed by atoms with Crippen molar-refractivity contribution < 1.29 is 0 Å². The van der Waals surface area contributed by atoms with E-state index < -0.39 is 0 Å². The van der Waals surface area contributed by atoms with Crippen molar-refractivity contribution in [1.82, 2.24) is 4.90 Å². The molecule has 0 aromatic heterocycles. The summed E-state index contributed by atoms with van der Waals surface area (Å²) in [5, 5.41) is 1.31. The Kier molecular flexibility index (Phi) is 4.20. The zero-order chi connectivity index (χ0) is 10.7. The minimum absolute atomic E-state index is 0.139. The summed E-state index contributed by atoms with van der Waals surface area (Å²) in [6.07, 6.45) is 0. The van der Waals surface area contributed by atoms with Gasteiger partial charge in [0, 0.05) is 22.6 Å². The molecule has 1 aromatic carbocycles. The van der Waals surface area contributed by atoms with Crippen LogP contribution in [0.15, 0.2) is 18.2 Å². The normalized spacial score (nSPS) is 13.3. The second kappa shape index (κ2) is 4.99. The summed E-state index contributed by atoms with van der Waals surface area (Å²) in [5.74, 6) is 0. The molecule has 0 bridgehead atoms. The van der Waals surface area contributed by atoms with Gasteiger partial charge in [0.2, 0.25) is 0 Å². The van der Waals surface area contributed by atoms with Gasteiger partial charge in [0.05, 0.1) is 0 Å². The van der Waals surface area contributed by atoms with Gasteiger partial charge >= 0.3 is 0 Å². The minimum atomic E-state index is 0.139. The largest absolute Gasteiger partial charge is 0.329 e. The van der Waals surface area contributed by atoms with Crippen LogP contribution in [0, 0.1) is 0 Å². The van der Waals surface area contributed by atoms with Gasteiger partial charge in [0.15, 0.2) is 0 Å². The Morgan fingerprint density at radius 2 is 2.00 bits per heavy atom. The van der Waals surface area contributed by atoms with Crippen molar-refractivity contribution in [2.45, 2.75) is 6.04 Å². The molecule has 0 saturated heterocycles. The molecule has 1 atom stereocenters. The summed E-state index contributed by atoms with van der Waals surface area (Å²) < 4.78 is 0. The van der Waals surface area contributed by atoms with Gasteiger partial charge in [0.25, 0.3) is 0 Å². The molecule has 0 aliphatic rings. The average Bonchev–Trinajstić information content (AvgIpc) is 2.09. The van der Waals surface area contributed by atoms with Crippen molar-refractivity contribution in [1.29, 1.82) is 0 Å². The predicted octanol–water partition coefficient (Wildman–Crippen LogP) is 2.55. The first kappa shape index (κ1) is 11.8. The third-order valence-electron chi connectivity index (χ3n) is 2.17. The fourth-order valence-corrected chi connectivity index (χ4v) is 1.92. The van der Waals surface area contributed by atoms with E-state index in [4.69, 9.17) is 28.9 Å². The van der Waals surface area contributed by atoms with Gasteiger partial charge in [-0.25, -0.2) is 0 Å². The van der Waals surface area contributed by atoms with Crippen molar-refractivity contribution in [2.75, 3.05) is 20.6 Å². The molecule has 0 radical (unpaired) electrons. The summed E-state index contributed by atoms with van der Waals surface area (Å²) >= 11 is 11.9. The summed E-state index contributed by atoms with van der Waals surface area (Å²) in [6.45, 7) is 0.536. The molecule has 2 N–H and O–H groups in total. The molecule has 0 aliphatic heterocycles. The number of likely N-dealkylation sites (N-methyl/N-ethyl adjacent to an activating group) is 1. The first-order valence-electron chi connectivity index (χ1n) is 4.37. The molecule has 0 heterocycles. The van der Waals surface area contributed by atoms with Crippen LogP contribution in [-0.2, 0) is 0 Å². The van der Waals surface area contributed by atoms with E-state index in [1.54, 1.807) is 6.07 Å². The van der Waals surface area contributed by atoms with Crippen LogP contribution in [0.5, 0.6) is 0 Å². The quantitative estimate of drug-likeness (QED) is 0.869. The van der Waals surface area contributed by atoms with Crippen LogP contribution in [0.4, 0.5) is 0 Å². The van der Waals surface area contributed by atoms with Gasteiger partial charge in [-0.3, -0.25) is 0 Å². The molecular formula is C10H14Cl2N2. The summed E-state index contributed by atoms with van der Waals surface area (Å²) in [7, 11) is 3.95. The molecule has 78 valence electrons. The molecule has 4 heteroatoms. The van der Waals surface area contributed by atoms with Crippen molar-refractivity contribution in [3.05, 3.63) is 33.8 Å². The highest BCUT2D eigenvalue weighted by Gasteiger charge is 2.15. The smallest absolute Gasteiger partial charge is 0.0479 e. The van der Waals surface area contributed by atoms with Crippen molar-refractivity contribution in [3.8, 4) is 0 Å². The van der Waals surface area contributed by atoms with E-state index in [2.05, 4.69) is 0 Å². The summed E-state index contributed by atoms with van der Waals surface area (Å²) in [5.41, 5.74) is 6.70. The molecule has 0 unspecified atom stereocenters. The fourth-order valence-electron chi connectivity index (χ4n) is 1.39. The molecular weight excluding hydrogens is 219 g/mol. The van der Waals surface area contributed by atoms with Crippen LogP contribution in [-0.4, -0.2) is 25.5 Å². The number of hydrogen-bond donors (Lipinski definition) is 1. The zero-order valence-corrected chi connectivity index (χ0v) is 9.81. The van der Waals surface area contributed by atoms with Gasteiger partial charge in [-0.15, -0.1) is 0 Å². The molecule has 1 rings (SSSR count). The molecule has 2 nitrogen and oxygen atoms in total. The van der Waals surface area contributed by atoms with Crippen LogP contribution >= 0.6 is 23.2 Å². The maximum atomic E-state index is 6.08. The van der Waals surface area contributed by atoms with Crippen molar-refractivity contribution >= 4 is 23.2 Å². The molecule has 1 aromatic rings. The van der Waals surface area contributed by atoms with Gasteiger partial charge in [-0.1, -0.05) is 29.3 Å². The van der Waals surface area contributed by atoms with E-state index in [-0.39, 0.29) is 6.04 Å². The Morgan fingerprint density at radius 1 is 1.36 bits per heavy atom. The van der Waals surface area contributed by atoms with Gasteiger partial charge < -0.3 is 10.6 Å². The topological polar surface area (TPSA) is 29.3 Å². The van der Waals surface area contributed by atoms with Crippen LogP contribution < -0.4 is 5.73 Å². The Hall–Kier alpha value is -0.280. The number of hydrogen-bond acceptors (Lipinski definition) is 2. The summed E-state index contributed by atoms with van der Waals surface area (Å²) in [6, 6.07) is 5.63. The molecule has 0 fully saturated rings. The monoisotopic (exact) mass is 232 g/mol. The first-order valence-corrected chi connectivity index (χ1v) is 5.13. The van der Waals surface area contributed by atoms with Crippen LogP contribution in [0.25, 0.3) is 0 Å². The number of nitrogens with two attached hydrogens (primary N) is 1. The summed E-state index contributed by atoms with van der Waals surface area (Å²) in [4.78, 5) is 2.04. The lowest BCUT2D eigenvalue weighted by Gasteiger charge is -2.24. The van der Waals surface area contributed by atoms with Crippen molar-refractivity contribution in [3.63, 3.8) is 0 Å². The first-order chi connectivity index (χ1) is 6.56. The standard InChI is InChI=1S/C10H14Cl2N2/c1-14(2)10(6-13)8-4-3-7(11)5-9(8)12/h3-5,10H,6,13H2,1-2H3/t10-/m0/s1. The van der Waals surface area contributed by atoms with E-state index in [0.29, 0.717) is 16.6 Å². The number of nitrogens with zero attached hydrogens (tertiary/aromatic N) is 1. The van der Waals surface area contributed by atoms with E-state index in [1.165, 1.54) is 0 Å². The Bertz CT molecular complexity index is 313. The number of rotatable bonds is 3. The van der Waals surface area contributed by atoms with Crippen LogP contribution in [0.2, 0.25) is 10.0 Å². The van der Waals surface area contributed by atoms with Crippen LogP contribution in [0.1, 0.15) is 11.6 Å². The highest BCUT2D eigenvalue weighted by atomic mass is 35.5. The third-order valence-corrected chi connectivity index (χ3v) is 2.73. The highest BCUT2D eigenvalue weighted by Crippen LogP contribution is 2.27. The molecule has 0 aliphatic carbocycles. The number of halogens is 2. The lowest BCUT2D eigenvalue weighted by atomic mass is 10.1. The van der Waals surface area contributed by atoms with E-state index in [1.807, 2.05) is 31.1 Å². The number of benzene rings is 1. The Labute approximate surface area is 94.6 Å². The molecule has 0 spiro atoms. The second-order valence-electron chi connectivity index (χ2n) is 3.38. The Morgan fingerprint density at radius 3 is 2.43 bits per heavy atom. The molecule has 14 heavy (non-hydrogen) atoms. The van der Waals surface area contributed by atoms with E-state index >= 15 is 0 Å². The molecule has 0 amide bonds.